The van der Waals surface area contributed by atoms with Crippen molar-refractivity contribution in [2.75, 3.05) is 13.2 Å². The smallest absolute Gasteiger partial charge is 0.259 e. The van der Waals surface area contributed by atoms with E-state index in [-0.39, 0.29) is 12.5 Å². The van der Waals surface area contributed by atoms with Crippen LogP contribution in [0.15, 0.2) is 59.8 Å². The number of unbranched alkanes of at least 4 members (excludes halogenated alkanes) is 1. The molecule has 2 amide bonds. The van der Waals surface area contributed by atoms with Gasteiger partial charge in [0.15, 0.2) is 0 Å². The first kappa shape index (κ1) is 20.1. The van der Waals surface area contributed by atoms with Gasteiger partial charge in [-0.15, -0.1) is 0 Å². The third-order valence-corrected chi connectivity index (χ3v) is 4.31. The highest BCUT2D eigenvalue weighted by atomic mass is 16.5. The molecule has 0 atom stereocenters. The number of hydrazone groups is 1. The summed E-state index contributed by atoms with van der Waals surface area (Å²) in [5.74, 6) is -0.0193. The minimum absolute atomic E-state index is 0.168. The fraction of sp³-hybridized carbons (Fsp3) is 0.227. The number of nitrogens with one attached hydrogen (secondary N) is 3. The Kier molecular flexibility index (Phi) is 7.00. The largest absolute Gasteiger partial charge is 0.494 e. The lowest BCUT2D eigenvalue weighted by molar-refractivity contribution is -0.120. The Morgan fingerprint density at radius 3 is 2.72 bits per heavy atom. The monoisotopic (exact) mass is 392 g/mol. The van der Waals surface area contributed by atoms with Crippen LogP contribution in [0.2, 0.25) is 0 Å². The number of rotatable bonds is 9. The van der Waals surface area contributed by atoms with Crippen LogP contribution in [0.1, 0.15) is 35.7 Å². The number of benzene rings is 2. The van der Waals surface area contributed by atoms with E-state index < -0.39 is 5.91 Å². The number of amides is 2. The molecule has 3 N–H and O–H groups in total. The summed E-state index contributed by atoms with van der Waals surface area (Å²) in [5.41, 5.74) is 4.73. The van der Waals surface area contributed by atoms with E-state index in [0.717, 1.165) is 35.1 Å². The SMILES string of the molecule is CCCCOc1ccc(C(=O)NCC(=O)NN=Cc2c[nH]c3ccccc23)cc1. The van der Waals surface area contributed by atoms with Crippen LogP contribution in [-0.4, -0.2) is 36.2 Å². The number of fused-ring (bicyclic) bond motifs is 1. The molecule has 29 heavy (non-hydrogen) atoms. The molecule has 1 aromatic heterocycles. The molecule has 0 spiro atoms. The number of para-hydroxylation sites is 1. The zero-order valence-electron chi connectivity index (χ0n) is 16.3. The summed E-state index contributed by atoms with van der Waals surface area (Å²) in [6.07, 6.45) is 5.43. The number of hydrogen-bond donors (Lipinski definition) is 3. The van der Waals surface area contributed by atoms with Gasteiger partial charge < -0.3 is 15.0 Å². The highest BCUT2D eigenvalue weighted by Gasteiger charge is 2.08. The molecule has 3 rings (SSSR count). The van der Waals surface area contributed by atoms with Crippen molar-refractivity contribution >= 4 is 28.9 Å². The Balaban J connectivity index is 1.44. The Morgan fingerprint density at radius 2 is 1.93 bits per heavy atom. The second-order valence-electron chi connectivity index (χ2n) is 6.49. The average molecular weight is 392 g/mol. The second kappa shape index (κ2) is 10.1. The Bertz CT molecular complexity index is 993. The number of ether oxygens (including phenoxy) is 1. The molecule has 0 aliphatic carbocycles. The third-order valence-electron chi connectivity index (χ3n) is 4.31. The first-order valence-corrected chi connectivity index (χ1v) is 9.56. The van der Waals surface area contributed by atoms with E-state index >= 15 is 0 Å². The highest BCUT2D eigenvalue weighted by molar-refractivity contribution is 5.99. The molecule has 0 radical (unpaired) electrons. The zero-order chi connectivity index (χ0) is 20.5. The molecule has 0 fully saturated rings. The van der Waals surface area contributed by atoms with E-state index in [9.17, 15) is 9.59 Å². The van der Waals surface area contributed by atoms with Crippen LogP contribution in [0.25, 0.3) is 10.9 Å². The van der Waals surface area contributed by atoms with Crippen LogP contribution in [0.3, 0.4) is 0 Å². The first-order valence-electron chi connectivity index (χ1n) is 9.56. The standard InChI is InChI=1S/C22H24N4O3/c1-2-3-12-29-18-10-8-16(9-11-18)22(28)24-15-21(27)26-25-14-17-13-23-20-7-5-4-6-19(17)20/h4-11,13-14,23H,2-3,12,15H2,1H3,(H,24,28)(H,26,27). The summed E-state index contributed by atoms with van der Waals surface area (Å²) >= 11 is 0. The normalized spacial score (nSPS) is 10.9. The fourth-order valence-corrected chi connectivity index (χ4v) is 2.71. The van der Waals surface area contributed by atoms with E-state index in [1.807, 2.05) is 30.5 Å². The average Bonchev–Trinajstić information content (AvgIpc) is 3.16. The summed E-state index contributed by atoms with van der Waals surface area (Å²) in [7, 11) is 0. The van der Waals surface area contributed by atoms with Crippen molar-refractivity contribution in [2.45, 2.75) is 19.8 Å². The number of carbonyl (C=O) groups excluding carboxylic acids is 2. The van der Waals surface area contributed by atoms with Gasteiger partial charge in [0.2, 0.25) is 0 Å². The van der Waals surface area contributed by atoms with E-state index in [2.05, 4.69) is 27.8 Å². The van der Waals surface area contributed by atoms with E-state index in [1.165, 1.54) is 0 Å². The fourth-order valence-electron chi connectivity index (χ4n) is 2.71. The van der Waals surface area contributed by atoms with Gasteiger partial charge in [-0.1, -0.05) is 31.5 Å². The molecule has 0 aliphatic heterocycles. The predicted octanol–water partition coefficient (Wildman–Crippen LogP) is 3.23. The molecule has 1 heterocycles. The molecule has 7 nitrogen and oxygen atoms in total. The summed E-state index contributed by atoms with van der Waals surface area (Å²) in [6.45, 7) is 2.58. The maximum atomic E-state index is 12.2. The second-order valence-corrected chi connectivity index (χ2v) is 6.49. The third kappa shape index (κ3) is 5.68. The quantitative estimate of drug-likeness (QED) is 0.296. The van der Waals surface area contributed by atoms with Gasteiger partial charge in [-0.05, 0) is 36.8 Å². The van der Waals surface area contributed by atoms with E-state index in [1.54, 1.807) is 30.5 Å². The van der Waals surface area contributed by atoms with Crippen molar-refractivity contribution in [3.63, 3.8) is 0 Å². The van der Waals surface area contributed by atoms with Crippen molar-refractivity contribution in [3.8, 4) is 5.75 Å². The molecule has 0 saturated heterocycles. The molecule has 0 saturated carbocycles. The number of nitrogens with zero attached hydrogens (tertiary/aromatic N) is 1. The molecule has 0 unspecified atom stereocenters. The van der Waals surface area contributed by atoms with Crippen molar-refractivity contribution in [1.29, 1.82) is 0 Å². The Labute approximate surface area is 169 Å². The maximum absolute atomic E-state index is 12.2. The lowest BCUT2D eigenvalue weighted by Gasteiger charge is -2.07. The van der Waals surface area contributed by atoms with E-state index in [4.69, 9.17) is 4.74 Å². The molecule has 3 aromatic rings. The summed E-state index contributed by atoms with van der Waals surface area (Å²) in [4.78, 5) is 27.2. The van der Waals surface area contributed by atoms with Gasteiger partial charge in [0.05, 0.1) is 19.4 Å². The van der Waals surface area contributed by atoms with Crippen LogP contribution >= 0.6 is 0 Å². The van der Waals surface area contributed by atoms with Crippen LogP contribution in [0, 0.1) is 0 Å². The number of aromatic amines is 1. The Morgan fingerprint density at radius 1 is 1.14 bits per heavy atom. The van der Waals surface area contributed by atoms with E-state index in [0.29, 0.717) is 12.2 Å². The number of hydrogen-bond acceptors (Lipinski definition) is 4. The molecule has 7 heteroatoms. The predicted molar refractivity (Wildman–Crippen MR) is 113 cm³/mol. The lowest BCUT2D eigenvalue weighted by atomic mass is 10.2. The minimum atomic E-state index is -0.408. The van der Waals surface area contributed by atoms with Crippen molar-refractivity contribution in [1.82, 2.24) is 15.7 Å². The van der Waals surface area contributed by atoms with Gasteiger partial charge >= 0.3 is 0 Å². The topological polar surface area (TPSA) is 95.6 Å². The number of H-pyrrole nitrogens is 1. The molecule has 150 valence electrons. The van der Waals surface area contributed by atoms with Gasteiger partial charge in [0.1, 0.15) is 5.75 Å². The summed E-state index contributed by atoms with van der Waals surface area (Å²) in [5, 5.41) is 7.54. The zero-order valence-corrected chi connectivity index (χ0v) is 16.3. The van der Waals surface area contributed by atoms with Gasteiger partial charge in [0.25, 0.3) is 11.8 Å². The van der Waals surface area contributed by atoms with Gasteiger partial charge in [-0.25, -0.2) is 5.43 Å². The maximum Gasteiger partial charge on any atom is 0.259 e. The molecular weight excluding hydrogens is 368 g/mol. The summed E-state index contributed by atoms with van der Waals surface area (Å²) in [6, 6.07) is 14.6. The molecular formula is C22H24N4O3. The molecule has 2 aromatic carbocycles. The lowest BCUT2D eigenvalue weighted by Crippen LogP contribution is -2.34. The molecule has 0 aliphatic rings. The van der Waals surface area contributed by atoms with Crippen LogP contribution in [0.4, 0.5) is 0 Å². The van der Waals surface area contributed by atoms with Crippen LogP contribution in [0.5, 0.6) is 5.75 Å². The van der Waals surface area contributed by atoms with Crippen LogP contribution in [-0.2, 0) is 4.79 Å². The highest BCUT2D eigenvalue weighted by Crippen LogP contribution is 2.15. The first-order chi connectivity index (χ1) is 14.2. The van der Waals surface area contributed by atoms with Gasteiger partial charge in [-0.2, -0.15) is 5.10 Å². The van der Waals surface area contributed by atoms with Gasteiger partial charge in [-0.3, -0.25) is 9.59 Å². The number of carbonyl (C=O) groups is 2. The number of aromatic nitrogens is 1. The minimum Gasteiger partial charge on any atom is -0.494 e. The van der Waals surface area contributed by atoms with Crippen molar-refractivity contribution < 1.29 is 14.3 Å². The summed E-state index contributed by atoms with van der Waals surface area (Å²) < 4.78 is 5.57. The van der Waals surface area contributed by atoms with Gasteiger partial charge in [0, 0.05) is 28.2 Å². The van der Waals surface area contributed by atoms with Crippen LogP contribution < -0.4 is 15.5 Å². The Hall–Kier alpha value is -3.61. The molecule has 0 bridgehead atoms. The van der Waals surface area contributed by atoms with Crippen molar-refractivity contribution in [3.05, 3.63) is 65.9 Å². The van der Waals surface area contributed by atoms with Crippen molar-refractivity contribution in [2.24, 2.45) is 5.10 Å².